The van der Waals surface area contributed by atoms with E-state index in [1.54, 1.807) is 56.4 Å². The van der Waals surface area contributed by atoms with Gasteiger partial charge in [-0.2, -0.15) is 0 Å². The van der Waals surface area contributed by atoms with Crippen LogP contribution in [0.15, 0.2) is 77.9 Å². The molecule has 2 rings (SSSR count). The average molecular weight is 783 g/mol. The summed E-state index contributed by atoms with van der Waals surface area (Å²) < 4.78 is 21.2. The minimum absolute atomic E-state index is 0. The maximum Gasteiger partial charge on any atom is 1.00 e. The van der Waals surface area contributed by atoms with Gasteiger partial charge in [-0.25, -0.2) is 0 Å². The first kappa shape index (κ1) is 67.0. The van der Waals surface area contributed by atoms with Gasteiger partial charge in [0.1, 0.15) is 0 Å². The van der Waals surface area contributed by atoms with Gasteiger partial charge < -0.3 is 57.9 Å². The molecule has 202 valence electrons. The van der Waals surface area contributed by atoms with Crippen LogP contribution < -0.4 is 316 Å². The van der Waals surface area contributed by atoms with Crippen molar-refractivity contribution in [2.75, 3.05) is 0 Å². The number of allylic oxidation sites excluding steroid dienone is 5. The van der Waals surface area contributed by atoms with E-state index in [4.69, 9.17) is 11.6 Å². The van der Waals surface area contributed by atoms with Crippen molar-refractivity contribution in [3.05, 3.63) is 83.5 Å². The first-order valence-electron chi connectivity index (χ1n) is 9.62. The maximum atomic E-state index is 10.1. The first-order valence-corrected chi connectivity index (χ1v) is 12.9. The van der Waals surface area contributed by atoms with Crippen LogP contribution in [0, 0.1) is 5.92 Å². The van der Waals surface area contributed by atoms with E-state index in [0.717, 1.165) is 6.08 Å². The monoisotopic (exact) mass is 782 g/mol. The molecule has 0 radical (unpaired) electrons. The van der Waals surface area contributed by atoms with Gasteiger partial charge in [-0.1, -0.05) is 79.2 Å². The standard InChI is InChI=1S/C8H11ClO.C7H6O2.C6H8O2.5K.Na.H4O7P2/c1-6-7(9)4-3-5-8(6,2)10;8-7(9)6-4-2-1-3-5-6;1-2-3-4-5-6(7)8;;;;;;;1-8(2,3)7-9(4,5)6/h3-6,10H,1-2H3;1-5H,(H,8,9);2-5H,1H3,(H,7,8);;;;;;;(H2,1,2,3)(H2,4,5,6)/q;;;6*+1;/p-6/b;;3-2+,5-4+;;;;;;;. The van der Waals surface area contributed by atoms with Crippen LogP contribution in [0.3, 0.4) is 0 Å². The van der Waals surface area contributed by atoms with E-state index >= 15 is 0 Å². The van der Waals surface area contributed by atoms with Gasteiger partial charge in [0.2, 0.25) is 0 Å². The van der Waals surface area contributed by atoms with Crippen molar-refractivity contribution in [3.63, 3.8) is 0 Å². The van der Waals surface area contributed by atoms with Crippen LogP contribution in [-0.2, 0) is 18.2 Å². The number of aliphatic hydroxyl groups is 1. The molecule has 2 unspecified atom stereocenters. The SMILES string of the molecule is C/C=C/C=C/C(=O)[O-].CC1C(Cl)=CC=CC1(C)O.O=C([O-])c1ccccc1.O=P([O-])([O-])OP(=O)([O-])[O-].[K+].[K+].[K+].[K+].[K+].[Na+]. The van der Waals surface area contributed by atoms with Crippen molar-refractivity contribution in [1.82, 2.24) is 0 Å². The Morgan fingerprint density at radius 1 is 0.952 bits per heavy atom. The number of carbonyl (C=O) groups is 2. The molecule has 0 aromatic heterocycles. The molecule has 0 bridgehead atoms. The van der Waals surface area contributed by atoms with E-state index in [-0.39, 0.29) is 298 Å². The quantitative estimate of drug-likeness (QED) is 0.127. The molecule has 0 heterocycles. The zero-order chi connectivity index (χ0) is 28.6. The third-order valence-corrected chi connectivity index (χ3v) is 5.78. The molecule has 2 atom stereocenters. The average Bonchev–Trinajstić information content (AvgIpc) is 2.71. The molecule has 42 heavy (non-hydrogen) atoms. The van der Waals surface area contributed by atoms with Gasteiger partial charge in [0.05, 0.1) is 33.2 Å². The number of hydrogen-bond acceptors (Lipinski definition) is 12. The Labute approximate surface area is 486 Å². The Morgan fingerprint density at radius 3 is 1.62 bits per heavy atom. The number of benzene rings is 1. The Bertz CT molecular complexity index is 1040. The Kier molecular flexibility index (Phi) is 59.9. The van der Waals surface area contributed by atoms with Crippen molar-refractivity contribution >= 4 is 39.2 Å². The zero-order valence-electron chi connectivity index (χ0n) is 25.2. The van der Waals surface area contributed by atoms with E-state index in [0.29, 0.717) is 5.03 Å². The fourth-order valence-corrected chi connectivity index (χ4v) is 3.12. The van der Waals surface area contributed by atoms with E-state index in [1.807, 2.05) is 13.0 Å². The normalized spacial score (nSPS) is 16.4. The molecule has 1 aliphatic carbocycles. The van der Waals surface area contributed by atoms with E-state index in [1.165, 1.54) is 18.2 Å². The van der Waals surface area contributed by atoms with Crippen LogP contribution in [0.1, 0.15) is 31.1 Å². The number of carboxylic acids is 2. The summed E-state index contributed by atoms with van der Waals surface area (Å²) in [6.45, 7) is 5.46. The molecule has 1 N–H and O–H groups in total. The second kappa shape index (κ2) is 37.6. The Morgan fingerprint density at radius 2 is 1.38 bits per heavy atom. The van der Waals surface area contributed by atoms with Crippen LogP contribution in [0.25, 0.3) is 0 Å². The molecular weight excluding hydrogens is 760 g/mol. The van der Waals surface area contributed by atoms with E-state index in [2.05, 4.69) is 4.31 Å². The molecule has 0 amide bonds. The van der Waals surface area contributed by atoms with Crippen LogP contribution in [-0.4, -0.2) is 22.6 Å². The molecule has 0 fully saturated rings. The van der Waals surface area contributed by atoms with Crippen molar-refractivity contribution in [2.45, 2.75) is 26.4 Å². The summed E-state index contributed by atoms with van der Waals surface area (Å²) in [4.78, 5) is 57.0. The predicted octanol–water partition coefficient (Wildman–Crippen LogP) is -19.3. The van der Waals surface area contributed by atoms with Gasteiger partial charge in [0, 0.05) is 11.0 Å². The van der Waals surface area contributed by atoms with Crippen molar-refractivity contribution in [2.24, 2.45) is 5.92 Å². The number of rotatable bonds is 5. The van der Waals surface area contributed by atoms with Gasteiger partial charge in [0.15, 0.2) is 0 Å². The van der Waals surface area contributed by atoms with Crippen molar-refractivity contribution < 1.29 is 344 Å². The zero-order valence-corrected chi connectivity index (χ0v) is 45.4. The molecule has 0 aliphatic heterocycles. The number of hydrogen-bond donors (Lipinski definition) is 1. The largest absolute Gasteiger partial charge is 1.00 e. The summed E-state index contributed by atoms with van der Waals surface area (Å²) in [5.41, 5.74) is -0.552. The fraction of sp³-hybridized carbons (Fsp3) is 0.238. The summed E-state index contributed by atoms with van der Waals surface area (Å²) in [5, 5.41) is 30.0. The minimum Gasteiger partial charge on any atom is -0.790 e. The number of halogens is 1. The van der Waals surface area contributed by atoms with Crippen LogP contribution in [0.4, 0.5) is 0 Å². The third-order valence-electron chi connectivity index (χ3n) is 3.72. The molecule has 1 aromatic rings. The molecule has 1 aliphatic rings. The Balaban J connectivity index is -0.0000000586. The van der Waals surface area contributed by atoms with Crippen molar-refractivity contribution in [3.8, 4) is 0 Å². The second-order valence-electron chi connectivity index (χ2n) is 6.69. The number of aliphatic carboxylic acids is 1. The van der Waals surface area contributed by atoms with E-state index in [9.17, 15) is 53.6 Å². The van der Waals surface area contributed by atoms with Crippen LogP contribution in [0.2, 0.25) is 0 Å². The summed E-state index contributed by atoms with van der Waals surface area (Å²) >= 11 is 5.80. The first-order chi connectivity index (χ1) is 16.3. The predicted molar refractivity (Wildman–Crippen MR) is 119 cm³/mol. The summed E-state index contributed by atoms with van der Waals surface area (Å²) in [6.07, 6.45) is 11.1. The third kappa shape index (κ3) is 44.8. The summed E-state index contributed by atoms with van der Waals surface area (Å²) in [6, 6.07) is 8.06. The van der Waals surface area contributed by atoms with Crippen molar-refractivity contribution in [1.29, 1.82) is 0 Å². The minimum atomic E-state index is -5.68. The summed E-state index contributed by atoms with van der Waals surface area (Å²) in [5.74, 6) is -2.28. The maximum absolute atomic E-state index is 10.1. The van der Waals surface area contributed by atoms with Crippen LogP contribution in [0.5, 0.6) is 0 Å². The number of carbonyl (C=O) groups excluding carboxylic acids is 2. The fourth-order valence-electron chi connectivity index (χ4n) is 1.84. The Hall–Kier alpha value is 6.81. The van der Waals surface area contributed by atoms with Gasteiger partial charge in [0.25, 0.3) is 0 Å². The molecule has 1 aromatic carbocycles. The van der Waals surface area contributed by atoms with Gasteiger partial charge in [-0.05, 0) is 31.6 Å². The molecule has 0 spiro atoms. The smallest absolute Gasteiger partial charge is 0.790 e. The molecule has 21 heteroatoms. The van der Waals surface area contributed by atoms with Crippen LogP contribution >= 0.6 is 27.2 Å². The van der Waals surface area contributed by atoms with Gasteiger partial charge in [-0.15, -0.1) is 0 Å². The number of carboxylic acid groups (broad SMARTS) is 2. The number of phosphoric acid groups is 2. The second-order valence-corrected chi connectivity index (χ2v) is 9.57. The molecular formula is C21H23ClK5NaO12P2. The summed E-state index contributed by atoms with van der Waals surface area (Å²) in [7, 11) is -11.4. The van der Waals surface area contributed by atoms with Gasteiger partial charge >= 0.3 is 286 Å². The molecule has 0 saturated heterocycles. The van der Waals surface area contributed by atoms with E-state index < -0.39 is 33.2 Å². The number of aromatic carboxylic acids is 1. The molecule has 12 nitrogen and oxygen atoms in total. The van der Waals surface area contributed by atoms with Gasteiger partial charge in [-0.3, -0.25) is 0 Å². The molecule has 0 saturated carbocycles. The topological polar surface area (TPSA) is 236 Å².